The SMILES string of the molecule is Cc1cc(C(Cl)c2cnn(-c3ccccc3)c2)ccc1Br. The molecule has 106 valence electrons. The molecule has 4 heteroatoms. The van der Waals surface area contributed by atoms with Crippen LogP contribution >= 0.6 is 27.5 Å². The van der Waals surface area contributed by atoms with Crippen LogP contribution in [-0.4, -0.2) is 9.78 Å². The summed E-state index contributed by atoms with van der Waals surface area (Å²) in [6.07, 6.45) is 3.80. The van der Waals surface area contributed by atoms with Crippen molar-refractivity contribution in [2.45, 2.75) is 12.3 Å². The van der Waals surface area contributed by atoms with Crippen LogP contribution < -0.4 is 0 Å². The van der Waals surface area contributed by atoms with Crippen molar-refractivity contribution in [3.63, 3.8) is 0 Å². The van der Waals surface area contributed by atoms with E-state index < -0.39 is 0 Å². The topological polar surface area (TPSA) is 17.8 Å². The minimum absolute atomic E-state index is 0.200. The van der Waals surface area contributed by atoms with Crippen molar-refractivity contribution in [3.8, 4) is 5.69 Å². The summed E-state index contributed by atoms with van der Waals surface area (Å²) in [5, 5.41) is 4.20. The van der Waals surface area contributed by atoms with Gasteiger partial charge in [-0.05, 0) is 36.2 Å². The van der Waals surface area contributed by atoms with E-state index in [-0.39, 0.29) is 5.38 Å². The van der Waals surface area contributed by atoms with E-state index in [1.807, 2.05) is 59.5 Å². The van der Waals surface area contributed by atoms with Crippen LogP contribution in [0.5, 0.6) is 0 Å². The molecule has 2 aromatic carbocycles. The predicted molar refractivity (Wildman–Crippen MR) is 90.1 cm³/mol. The number of hydrogen-bond donors (Lipinski definition) is 0. The molecule has 0 aliphatic rings. The minimum atomic E-state index is -0.200. The lowest BCUT2D eigenvalue weighted by atomic mass is 10.1. The molecule has 0 N–H and O–H groups in total. The molecule has 3 aromatic rings. The number of benzene rings is 2. The molecule has 0 aliphatic carbocycles. The van der Waals surface area contributed by atoms with Gasteiger partial charge in [0.1, 0.15) is 0 Å². The first-order valence-corrected chi connectivity index (χ1v) is 7.88. The second-order valence-corrected chi connectivity index (χ2v) is 6.22. The lowest BCUT2D eigenvalue weighted by Crippen LogP contribution is -1.94. The largest absolute Gasteiger partial charge is 0.241 e. The molecular formula is C17H14BrClN2. The van der Waals surface area contributed by atoms with Crippen LogP contribution in [0.25, 0.3) is 5.69 Å². The van der Waals surface area contributed by atoms with Crippen LogP contribution in [0.2, 0.25) is 0 Å². The molecule has 1 atom stereocenters. The first-order chi connectivity index (χ1) is 10.1. The first kappa shape index (κ1) is 14.4. The molecule has 0 spiro atoms. The lowest BCUT2D eigenvalue weighted by Gasteiger charge is -2.09. The Hall–Kier alpha value is -1.58. The van der Waals surface area contributed by atoms with Gasteiger partial charge < -0.3 is 0 Å². The molecule has 1 unspecified atom stereocenters. The van der Waals surface area contributed by atoms with Crippen LogP contribution in [0.15, 0.2) is 65.4 Å². The van der Waals surface area contributed by atoms with Crippen LogP contribution in [0, 0.1) is 6.92 Å². The predicted octanol–water partition coefficient (Wildman–Crippen LogP) is 5.27. The number of halogens is 2. The third-order valence-electron chi connectivity index (χ3n) is 3.39. The second kappa shape index (κ2) is 6.04. The fraction of sp³-hybridized carbons (Fsp3) is 0.118. The van der Waals surface area contributed by atoms with Crippen molar-refractivity contribution in [2.24, 2.45) is 0 Å². The van der Waals surface area contributed by atoms with E-state index in [1.165, 1.54) is 5.56 Å². The zero-order valence-corrected chi connectivity index (χ0v) is 13.8. The highest BCUT2D eigenvalue weighted by Crippen LogP contribution is 2.31. The Balaban J connectivity index is 1.90. The Kier molecular flexibility index (Phi) is 4.13. The molecule has 0 saturated carbocycles. The van der Waals surface area contributed by atoms with Crippen molar-refractivity contribution in [1.82, 2.24) is 9.78 Å². The zero-order valence-electron chi connectivity index (χ0n) is 11.5. The summed E-state index contributed by atoms with van der Waals surface area (Å²) in [6, 6.07) is 16.2. The van der Waals surface area contributed by atoms with E-state index in [9.17, 15) is 0 Å². The standard InChI is InChI=1S/C17H14BrClN2/c1-12-9-13(7-8-16(12)18)17(19)14-10-20-21(11-14)15-5-3-2-4-6-15/h2-11,17H,1H3. The lowest BCUT2D eigenvalue weighted by molar-refractivity contribution is 0.880. The summed E-state index contributed by atoms with van der Waals surface area (Å²) in [6.45, 7) is 2.06. The molecule has 1 heterocycles. The first-order valence-electron chi connectivity index (χ1n) is 6.65. The molecule has 0 radical (unpaired) electrons. The van der Waals surface area contributed by atoms with Crippen molar-refractivity contribution >= 4 is 27.5 Å². The Labute approximate surface area is 137 Å². The smallest absolute Gasteiger partial charge is 0.0866 e. The molecule has 0 saturated heterocycles. The molecule has 21 heavy (non-hydrogen) atoms. The van der Waals surface area contributed by atoms with Crippen LogP contribution in [0.4, 0.5) is 0 Å². The third-order valence-corrected chi connectivity index (χ3v) is 4.78. The van der Waals surface area contributed by atoms with Gasteiger partial charge in [-0.2, -0.15) is 5.10 Å². The van der Waals surface area contributed by atoms with Gasteiger partial charge in [-0.15, -0.1) is 11.6 Å². The van der Waals surface area contributed by atoms with E-state index in [0.717, 1.165) is 21.3 Å². The van der Waals surface area contributed by atoms with E-state index in [2.05, 4.69) is 34.0 Å². The highest BCUT2D eigenvalue weighted by Gasteiger charge is 2.14. The van der Waals surface area contributed by atoms with E-state index in [0.29, 0.717) is 0 Å². The van der Waals surface area contributed by atoms with Crippen molar-refractivity contribution in [2.75, 3.05) is 0 Å². The zero-order chi connectivity index (χ0) is 14.8. The van der Waals surface area contributed by atoms with Gasteiger partial charge in [0.25, 0.3) is 0 Å². The Morgan fingerprint density at radius 3 is 2.57 bits per heavy atom. The maximum Gasteiger partial charge on any atom is 0.0866 e. The average Bonchev–Trinajstić information content (AvgIpc) is 3.00. The van der Waals surface area contributed by atoms with Gasteiger partial charge in [-0.3, -0.25) is 0 Å². The Bertz CT molecular complexity index is 752. The third kappa shape index (κ3) is 3.04. The molecular weight excluding hydrogens is 348 g/mol. The highest BCUT2D eigenvalue weighted by molar-refractivity contribution is 9.10. The van der Waals surface area contributed by atoms with Gasteiger partial charge in [-0.1, -0.05) is 46.3 Å². The molecule has 0 fully saturated rings. The molecule has 3 rings (SSSR count). The summed E-state index contributed by atoms with van der Waals surface area (Å²) in [4.78, 5) is 0. The quantitative estimate of drug-likeness (QED) is 0.581. The number of para-hydroxylation sites is 1. The van der Waals surface area contributed by atoms with Gasteiger partial charge in [0, 0.05) is 16.2 Å². The molecule has 0 amide bonds. The average molecular weight is 362 g/mol. The molecule has 0 bridgehead atoms. The van der Waals surface area contributed by atoms with Crippen molar-refractivity contribution < 1.29 is 0 Å². The Morgan fingerprint density at radius 2 is 1.86 bits per heavy atom. The molecule has 1 aromatic heterocycles. The van der Waals surface area contributed by atoms with Crippen molar-refractivity contribution in [3.05, 3.63) is 82.1 Å². The number of nitrogens with zero attached hydrogens (tertiary/aromatic N) is 2. The summed E-state index contributed by atoms with van der Waals surface area (Å²) in [5.41, 5.74) is 4.26. The fourth-order valence-corrected chi connectivity index (χ4v) is 2.70. The van der Waals surface area contributed by atoms with Crippen molar-refractivity contribution in [1.29, 1.82) is 0 Å². The van der Waals surface area contributed by atoms with E-state index >= 15 is 0 Å². The molecule has 0 aliphatic heterocycles. The monoisotopic (exact) mass is 360 g/mol. The van der Waals surface area contributed by atoms with Crippen LogP contribution in [0.3, 0.4) is 0 Å². The van der Waals surface area contributed by atoms with E-state index in [4.69, 9.17) is 11.6 Å². The summed E-state index contributed by atoms with van der Waals surface area (Å²) < 4.78 is 2.94. The Morgan fingerprint density at radius 1 is 1.10 bits per heavy atom. The molecule has 2 nitrogen and oxygen atoms in total. The van der Waals surface area contributed by atoms with Gasteiger partial charge in [0.2, 0.25) is 0 Å². The number of aromatic nitrogens is 2. The summed E-state index contributed by atoms with van der Waals surface area (Å²) in [5.74, 6) is 0. The van der Waals surface area contributed by atoms with Crippen LogP contribution in [0.1, 0.15) is 22.1 Å². The maximum atomic E-state index is 6.59. The highest BCUT2D eigenvalue weighted by atomic mass is 79.9. The minimum Gasteiger partial charge on any atom is -0.241 e. The van der Waals surface area contributed by atoms with Gasteiger partial charge in [-0.25, -0.2) is 4.68 Å². The maximum absolute atomic E-state index is 6.59. The summed E-state index contributed by atoms with van der Waals surface area (Å²) >= 11 is 10.1. The number of hydrogen-bond acceptors (Lipinski definition) is 1. The van der Waals surface area contributed by atoms with E-state index in [1.54, 1.807) is 0 Å². The fourth-order valence-electron chi connectivity index (χ4n) is 2.21. The number of aryl methyl sites for hydroxylation is 1. The number of alkyl halides is 1. The summed E-state index contributed by atoms with van der Waals surface area (Å²) in [7, 11) is 0. The number of rotatable bonds is 3. The normalized spacial score (nSPS) is 12.3. The van der Waals surface area contributed by atoms with Gasteiger partial charge in [0.05, 0.1) is 17.3 Å². The second-order valence-electron chi connectivity index (χ2n) is 4.92. The van der Waals surface area contributed by atoms with Gasteiger partial charge >= 0.3 is 0 Å². The van der Waals surface area contributed by atoms with Crippen LogP contribution in [-0.2, 0) is 0 Å². The van der Waals surface area contributed by atoms with Gasteiger partial charge in [0.15, 0.2) is 0 Å².